The maximum atomic E-state index is 11.2. The summed E-state index contributed by atoms with van der Waals surface area (Å²) in [5.41, 5.74) is 6.89. The zero-order chi connectivity index (χ0) is 16.9. The minimum absolute atomic E-state index is 0.00717. The van der Waals surface area contributed by atoms with Crippen molar-refractivity contribution in [2.75, 3.05) is 33.4 Å². The van der Waals surface area contributed by atoms with Crippen molar-refractivity contribution in [3.05, 3.63) is 24.4 Å². The Balaban J connectivity index is 1.48. The normalized spacial score (nSPS) is 18.0. The molecule has 1 saturated heterocycles. The molecule has 2 N–H and O–H groups in total. The van der Waals surface area contributed by atoms with Crippen molar-refractivity contribution in [1.82, 2.24) is 14.9 Å². The Morgan fingerprint density at radius 2 is 2.29 bits per heavy atom. The lowest BCUT2D eigenvalue weighted by Crippen LogP contribution is -2.28. The van der Waals surface area contributed by atoms with Gasteiger partial charge in [0, 0.05) is 19.2 Å². The van der Waals surface area contributed by atoms with Crippen molar-refractivity contribution in [1.29, 1.82) is 0 Å². The number of methoxy groups -OCH3 is 1. The molecule has 0 saturated carbocycles. The maximum Gasteiger partial charge on any atom is 0.232 e. The molecule has 0 bridgehead atoms. The molecule has 2 aromatic rings. The average molecular weight is 330 g/mol. The molecule has 1 unspecified atom stereocenters. The number of rotatable bonds is 7. The highest BCUT2D eigenvalue weighted by atomic mass is 16.5. The van der Waals surface area contributed by atoms with Gasteiger partial charge in [-0.3, -0.25) is 4.79 Å². The van der Waals surface area contributed by atoms with Crippen molar-refractivity contribution in [2.45, 2.75) is 12.8 Å². The van der Waals surface area contributed by atoms with Crippen molar-refractivity contribution in [3.8, 4) is 11.6 Å². The van der Waals surface area contributed by atoms with Gasteiger partial charge in [-0.2, -0.15) is 0 Å². The summed E-state index contributed by atoms with van der Waals surface area (Å²) in [5, 5.41) is 0. The molecule has 1 aliphatic rings. The van der Waals surface area contributed by atoms with E-state index >= 15 is 0 Å². The fourth-order valence-corrected chi connectivity index (χ4v) is 2.90. The number of amides is 1. The van der Waals surface area contributed by atoms with Gasteiger partial charge in [0.15, 0.2) is 0 Å². The fraction of sp³-hybridized carbons (Fsp3) is 0.471. The predicted octanol–water partition coefficient (Wildman–Crippen LogP) is 1.21. The van der Waals surface area contributed by atoms with Crippen LogP contribution in [0.2, 0.25) is 0 Å². The Kier molecular flexibility index (Phi) is 5.10. The highest BCUT2D eigenvalue weighted by Gasteiger charge is 2.25. The molecule has 2 heterocycles. The summed E-state index contributed by atoms with van der Waals surface area (Å²) >= 11 is 0. The van der Waals surface area contributed by atoms with Crippen molar-refractivity contribution >= 4 is 16.9 Å². The Morgan fingerprint density at radius 1 is 1.42 bits per heavy atom. The summed E-state index contributed by atoms with van der Waals surface area (Å²) in [6.07, 6.45) is 3.35. The highest BCUT2D eigenvalue weighted by molar-refractivity contribution is 5.77. The monoisotopic (exact) mass is 330 g/mol. The van der Waals surface area contributed by atoms with Crippen LogP contribution in [0, 0.1) is 5.92 Å². The van der Waals surface area contributed by atoms with Crippen LogP contribution in [0.4, 0.5) is 0 Å². The number of aromatic nitrogens is 2. The molecule has 128 valence electrons. The van der Waals surface area contributed by atoms with Gasteiger partial charge in [0.2, 0.25) is 11.8 Å². The lowest BCUT2D eigenvalue weighted by atomic mass is 10.1. The lowest BCUT2D eigenvalue weighted by Gasteiger charge is -2.15. The van der Waals surface area contributed by atoms with Gasteiger partial charge in [-0.05, 0) is 31.5 Å². The summed E-state index contributed by atoms with van der Waals surface area (Å²) in [6, 6.07) is 5.56. The topological polar surface area (TPSA) is 90.6 Å². The number of hydrogen-bond donors (Lipinski definition) is 1. The Morgan fingerprint density at radius 3 is 3.04 bits per heavy atom. The number of hydrogen-bond acceptors (Lipinski definition) is 6. The second kappa shape index (κ2) is 7.44. The van der Waals surface area contributed by atoms with Crippen LogP contribution >= 0.6 is 0 Å². The molecular formula is C17H22N4O3. The summed E-state index contributed by atoms with van der Waals surface area (Å²) in [7, 11) is 1.62. The van der Waals surface area contributed by atoms with E-state index in [1.54, 1.807) is 13.3 Å². The van der Waals surface area contributed by atoms with Gasteiger partial charge in [0.1, 0.15) is 5.75 Å². The average Bonchev–Trinajstić information content (AvgIpc) is 3.07. The van der Waals surface area contributed by atoms with Crippen LogP contribution in [0.5, 0.6) is 11.6 Å². The molecule has 3 rings (SSSR count). The van der Waals surface area contributed by atoms with Gasteiger partial charge >= 0.3 is 0 Å². The van der Waals surface area contributed by atoms with E-state index in [4.69, 9.17) is 15.2 Å². The molecule has 1 atom stereocenters. The number of carbonyl (C=O) groups excluding carboxylic acids is 1. The number of fused-ring (bicyclic) bond motifs is 1. The molecule has 1 aromatic heterocycles. The number of ether oxygens (including phenoxy) is 2. The first kappa shape index (κ1) is 16.4. The SMILES string of the molecule is COc1ccc2ncc(OCCCN3CCC(C(N)=O)C3)nc2c1. The first-order valence-corrected chi connectivity index (χ1v) is 8.11. The van der Waals surface area contributed by atoms with Crippen molar-refractivity contribution in [2.24, 2.45) is 11.7 Å². The highest BCUT2D eigenvalue weighted by Crippen LogP contribution is 2.20. The largest absolute Gasteiger partial charge is 0.497 e. The van der Waals surface area contributed by atoms with Crippen LogP contribution in [-0.4, -0.2) is 54.1 Å². The van der Waals surface area contributed by atoms with Crippen LogP contribution in [-0.2, 0) is 4.79 Å². The first-order chi connectivity index (χ1) is 11.7. The third kappa shape index (κ3) is 3.91. The Bertz CT molecular complexity index is 722. The van der Waals surface area contributed by atoms with Gasteiger partial charge < -0.3 is 20.1 Å². The Labute approximate surface area is 140 Å². The number of nitrogens with two attached hydrogens (primary N) is 1. The van der Waals surface area contributed by atoms with Crippen LogP contribution in [0.15, 0.2) is 24.4 Å². The van der Waals surface area contributed by atoms with Crippen LogP contribution in [0.3, 0.4) is 0 Å². The van der Waals surface area contributed by atoms with E-state index in [9.17, 15) is 4.79 Å². The molecule has 1 aromatic carbocycles. The summed E-state index contributed by atoms with van der Waals surface area (Å²) in [4.78, 5) is 22.2. The first-order valence-electron chi connectivity index (χ1n) is 8.11. The zero-order valence-corrected chi connectivity index (χ0v) is 13.8. The fourth-order valence-electron chi connectivity index (χ4n) is 2.90. The van der Waals surface area contributed by atoms with Gasteiger partial charge in [0.05, 0.1) is 36.9 Å². The van der Waals surface area contributed by atoms with Crippen LogP contribution < -0.4 is 15.2 Å². The molecule has 7 nitrogen and oxygen atoms in total. The molecule has 0 spiro atoms. The number of nitrogens with zero attached hydrogens (tertiary/aromatic N) is 3. The van der Waals surface area contributed by atoms with Gasteiger partial charge in [0.25, 0.3) is 0 Å². The second-order valence-electron chi connectivity index (χ2n) is 5.95. The maximum absolute atomic E-state index is 11.2. The molecular weight excluding hydrogens is 308 g/mol. The summed E-state index contributed by atoms with van der Waals surface area (Å²) in [5.74, 6) is 1.04. The van der Waals surface area contributed by atoms with Crippen molar-refractivity contribution < 1.29 is 14.3 Å². The quantitative estimate of drug-likeness (QED) is 0.768. The van der Waals surface area contributed by atoms with Crippen LogP contribution in [0.25, 0.3) is 11.0 Å². The molecule has 1 fully saturated rings. The summed E-state index contributed by atoms with van der Waals surface area (Å²) in [6.45, 7) is 3.12. The van der Waals surface area contributed by atoms with Gasteiger partial charge in [-0.1, -0.05) is 0 Å². The van der Waals surface area contributed by atoms with E-state index in [-0.39, 0.29) is 11.8 Å². The molecule has 0 aliphatic carbocycles. The second-order valence-corrected chi connectivity index (χ2v) is 5.95. The zero-order valence-electron chi connectivity index (χ0n) is 13.8. The van der Waals surface area contributed by atoms with E-state index in [0.29, 0.717) is 12.5 Å². The summed E-state index contributed by atoms with van der Waals surface area (Å²) < 4.78 is 10.9. The standard InChI is InChI=1S/C17H22N4O3/c1-23-13-3-4-14-15(9-13)20-16(10-19-14)24-8-2-6-21-7-5-12(11-21)17(18)22/h3-4,9-10,12H,2,5-8,11H2,1H3,(H2,18,22). The van der Waals surface area contributed by atoms with E-state index in [0.717, 1.165) is 49.3 Å². The number of carbonyl (C=O) groups is 1. The minimum atomic E-state index is -0.199. The molecule has 24 heavy (non-hydrogen) atoms. The number of likely N-dealkylation sites (tertiary alicyclic amines) is 1. The third-order valence-electron chi connectivity index (χ3n) is 4.27. The predicted molar refractivity (Wildman–Crippen MR) is 89.9 cm³/mol. The minimum Gasteiger partial charge on any atom is -0.497 e. The van der Waals surface area contributed by atoms with Gasteiger partial charge in [-0.15, -0.1) is 0 Å². The van der Waals surface area contributed by atoms with E-state index in [2.05, 4.69) is 14.9 Å². The molecule has 1 aliphatic heterocycles. The van der Waals surface area contributed by atoms with Crippen molar-refractivity contribution in [3.63, 3.8) is 0 Å². The van der Waals surface area contributed by atoms with E-state index in [1.165, 1.54) is 0 Å². The van der Waals surface area contributed by atoms with E-state index in [1.807, 2.05) is 18.2 Å². The van der Waals surface area contributed by atoms with E-state index < -0.39 is 0 Å². The number of benzene rings is 1. The number of primary amides is 1. The Hall–Kier alpha value is -2.41. The molecule has 7 heteroatoms. The van der Waals surface area contributed by atoms with Gasteiger partial charge in [-0.25, -0.2) is 9.97 Å². The third-order valence-corrected chi connectivity index (χ3v) is 4.27. The smallest absolute Gasteiger partial charge is 0.232 e. The lowest BCUT2D eigenvalue weighted by molar-refractivity contribution is -0.121. The molecule has 1 amide bonds. The molecule has 0 radical (unpaired) electrons. The van der Waals surface area contributed by atoms with Crippen LogP contribution in [0.1, 0.15) is 12.8 Å².